The molecule has 0 unspecified atom stereocenters. The number of carbonyl (C=O) groups excluding carboxylic acids is 1. The highest BCUT2D eigenvalue weighted by molar-refractivity contribution is 7.99. The molecule has 31 heavy (non-hydrogen) atoms. The molecule has 0 N–H and O–H groups in total. The molecule has 0 atom stereocenters. The van der Waals surface area contributed by atoms with Crippen LogP contribution < -0.4 is 15.0 Å². The maximum Gasteiger partial charge on any atom is 0.267 e. The first-order chi connectivity index (χ1) is 15.1. The number of fused-ring (bicyclic) bond motifs is 2. The number of thioether (sulfide) groups is 1. The highest BCUT2D eigenvalue weighted by atomic mass is 32.2. The topological polar surface area (TPSA) is 83.3 Å². The van der Waals surface area contributed by atoms with Crippen molar-refractivity contribution in [3.05, 3.63) is 82.3 Å². The van der Waals surface area contributed by atoms with Crippen molar-refractivity contribution in [1.82, 2.24) is 14.5 Å². The summed E-state index contributed by atoms with van der Waals surface area (Å²) in [4.78, 5) is 35.1. The number of para-hydroxylation sites is 1. The molecule has 7 nitrogen and oxygen atoms in total. The van der Waals surface area contributed by atoms with Gasteiger partial charge < -0.3 is 9.47 Å². The fraction of sp³-hybridized carbons (Fsp3) is 0.130. The van der Waals surface area contributed by atoms with Crippen molar-refractivity contribution in [3.8, 4) is 17.3 Å². The second-order valence-electron chi connectivity index (χ2n) is 7.03. The first-order valence-corrected chi connectivity index (χ1v) is 10.6. The molecule has 0 amide bonds. The summed E-state index contributed by atoms with van der Waals surface area (Å²) in [5.41, 5.74) is 1.85. The van der Waals surface area contributed by atoms with Gasteiger partial charge in [0.25, 0.3) is 5.56 Å². The molecule has 0 aliphatic carbocycles. The maximum absolute atomic E-state index is 13.2. The minimum absolute atomic E-state index is 0.103. The molecule has 0 fully saturated rings. The maximum atomic E-state index is 13.2. The van der Waals surface area contributed by atoms with Crippen LogP contribution in [0.25, 0.3) is 16.7 Å². The Balaban J connectivity index is 1.51. The number of aryl methyl sites for hydroxylation is 1. The van der Waals surface area contributed by atoms with Gasteiger partial charge >= 0.3 is 0 Å². The van der Waals surface area contributed by atoms with E-state index < -0.39 is 0 Å². The van der Waals surface area contributed by atoms with E-state index in [9.17, 15) is 9.59 Å². The van der Waals surface area contributed by atoms with Gasteiger partial charge in [0.05, 0.1) is 16.7 Å². The number of aromatic nitrogens is 3. The fourth-order valence-corrected chi connectivity index (χ4v) is 4.18. The number of pyridine rings is 1. The van der Waals surface area contributed by atoms with Gasteiger partial charge in [0, 0.05) is 11.8 Å². The standard InChI is InChI=1S/C23H17N3O4S/c1-14-6-9-21(24-11-14)26-22(28)16-4-2-3-5-17(16)25-23(26)31-12-18(27)15-7-8-19-20(10-15)30-13-29-19/h2-11H,12-13H2,1H3. The Morgan fingerprint density at radius 1 is 1.10 bits per heavy atom. The largest absolute Gasteiger partial charge is 0.454 e. The predicted molar refractivity (Wildman–Crippen MR) is 117 cm³/mol. The first kappa shape index (κ1) is 19.3. The van der Waals surface area contributed by atoms with Crippen LogP contribution in [0.3, 0.4) is 0 Å². The Morgan fingerprint density at radius 2 is 1.94 bits per heavy atom. The van der Waals surface area contributed by atoms with Gasteiger partial charge in [-0.15, -0.1) is 0 Å². The number of nitrogens with zero attached hydrogens (tertiary/aromatic N) is 3. The van der Waals surface area contributed by atoms with E-state index in [1.807, 2.05) is 19.1 Å². The summed E-state index contributed by atoms with van der Waals surface area (Å²) in [5.74, 6) is 1.65. The minimum atomic E-state index is -0.222. The lowest BCUT2D eigenvalue weighted by molar-refractivity contribution is 0.102. The van der Waals surface area contributed by atoms with E-state index in [2.05, 4.69) is 9.97 Å². The molecule has 3 heterocycles. The number of ketones is 1. The molecule has 8 heteroatoms. The van der Waals surface area contributed by atoms with Crippen LogP contribution in [0.15, 0.2) is 70.7 Å². The Hall–Kier alpha value is -3.65. The average molecular weight is 431 g/mol. The lowest BCUT2D eigenvalue weighted by Gasteiger charge is -2.12. The number of carbonyl (C=O) groups is 1. The van der Waals surface area contributed by atoms with Crippen LogP contribution in [0.1, 0.15) is 15.9 Å². The van der Waals surface area contributed by atoms with Crippen LogP contribution in [0.4, 0.5) is 0 Å². The van der Waals surface area contributed by atoms with Gasteiger partial charge in [0.15, 0.2) is 22.4 Å². The molecule has 0 radical (unpaired) electrons. The monoisotopic (exact) mass is 431 g/mol. The number of rotatable bonds is 5. The average Bonchev–Trinajstić information content (AvgIpc) is 3.26. The van der Waals surface area contributed by atoms with Crippen LogP contribution in [-0.4, -0.2) is 32.9 Å². The van der Waals surface area contributed by atoms with Gasteiger partial charge in [-0.1, -0.05) is 30.0 Å². The lowest BCUT2D eigenvalue weighted by atomic mass is 10.1. The van der Waals surface area contributed by atoms with Gasteiger partial charge in [-0.05, 0) is 48.9 Å². The molecular weight excluding hydrogens is 414 g/mol. The molecule has 154 valence electrons. The van der Waals surface area contributed by atoms with Crippen molar-refractivity contribution in [2.24, 2.45) is 0 Å². The van der Waals surface area contributed by atoms with Gasteiger partial charge in [-0.2, -0.15) is 0 Å². The number of hydrogen-bond donors (Lipinski definition) is 0. The highest BCUT2D eigenvalue weighted by Crippen LogP contribution is 2.33. The van der Waals surface area contributed by atoms with Crippen LogP contribution >= 0.6 is 11.8 Å². The third kappa shape index (κ3) is 3.66. The molecule has 1 aliphatic rings. The smallest absolute Gasteiger partial charge is 0.267 e. The van der Waals surface area contributed by atoms with Crippen molar-refractivity contribution in [1.29, 1.82) is 0 Å². The Morgan fingerprint density at radius 3 is 2.77 bits per heavy atom. The van der Waals surface area contributed by atoms with Crippen LogP contribution in [-0.2, 0) is 0 Å². The normalized spacial score (nSPS) is 12.3. The van der Waals surface area contributed by atoms with Crippen LogP contribution in [0, 0.1) is 6.92 Å². The van der Waals surface area contributed by atoms with Crippen molar-refractivity contribution in [2.45, 2.75) is 12.1 Å². The lowest BCUT2D eigenvalue weighted by Crippen LogP contribution is -2.23. The Kier molecular flexibility index (Phi) is 4.91. The van der Waals surface area contributed by atoms with Crippen LogP contribution in [0.5, 0.6) is 11.5 Å². The molecular formula is C23H17N3O4S. The molecule has 1 aliphatic heterocycles. The van der Waals surface area contributed by atoms with E-state index in [-0.39, 0.29) is 23.9 Å². The summed E-state index contributed by atoms with van der Waals surface area (Å²) in [6, 6.07) is 15.9. The second kappa shape index (κ2) is 7.88. The number of Topliss-reactive ketones (excluding diaryl/α,β-unsaturated/α-hetero) is 1. The third-order valence-electron chi connectivity index (χ3n) is 4.90. The molecule has 4 aromatic rings. The zero-order valence-corrected chi connectivity index (χ0v) is 17.4. The van der Waals surface area contributed by atoms with E-state index >= 15 is 0 Å². The quantitative estimate of drug-likeness (QED) is 0.270. The van der Waals surface area contributed by atoms with Crippen molar-refractivity contribution >= 4 is 28.4 Å². The Bertz CT molecular complexity index is 1370. The molecule has 5 rings (SSSR count). The minimum Gasteiger partial charge on any atom is -0.454 e. The van der Waals surface area contributed by atoms with Gasteiger partial charge in [-0.3, -0.25) is 9.59 Å². The zero-order chi connectivity index (χ0) is 21.4. The molecule has 0 spiro atoms. The van der Waals surface area contributed by atoms with E-state index in [4.69, 9.17) is 9.47 Å². The predicted octanol–water partition coefficient (Wildman–Crippen LogP) is 3.79. The highest BCUT2D eigenvalue weighted by Gasteiger charge is 2.19. The fourth-order valence-electron chi connectivity index (χ4n) is 3.29. The first-order valence-electron chi connectivity index (χ1n) is 9.60. The third-order valence-corrected chi connectivity index (χ3v) is 5.84. The van der Waals surface area contributed by atoms with Crippen molar-refractivity contribution in [2.75, 3.05) is 12.5 Å². The number of ether oxygens (including phenoxy) is 2. The SMILES string of the molecule is Cc1ccc(-n2c(SCC(=O)c3ccc4c(c3)OCO4)nc3ccccc3c2=O)nc1. The summed E-state index contributed by atoms with van der Waals surface area (Å²) in [6.07, 6.45) is 1.70. The van der Waals surface area contributed by atoms with Gasteiger partial charge in [0.1, 0.15) is 5.82 Å². The summed E-state index contributed by atoms with van der Waals surface area (Å²) < 4.78 is 12.1. The van der Waals surface area contributed by atoms with Crippen molar-refractivity contribution in [3.63, 3.8) is 0 Å². The van der Waals surface area contributed by atoms with E-state index in [1.54, 1.807) is 48.7 Å². The summed E-state index contributed by atoms with van der Waals surface area (Å²) in [5, 5.41) is 0.908. The second-order valence-corrected chi connectivity index (χ2v) is 7.97. The molecule has 0 bridgehead atoms. The summed E-state index contributed by atoms with van der Waals surface area (Å²) in [7, 11) is 0. The van der Waals surface area contributed by atoms with E-state index in [0.29, 0.717) is 38.9 Å². The molecule has 2 aromatic heterocycles. The van der Waals surface area contributed by atoms with Gasteiger partial charge in [-0.25, -0.2) is 14.5 Å². The summed E-state index contributed by atoms with van der Waals surface area (Å²) >= 11 is 1.20. The van der Waals surface area contributed by atoms with Gasteiger partial charge in [0.2, 0.25) is 6.79 Å². The van der Waals surface area contributed by atoms with E-state index in [0.717, 1.165) is 5.56 Å². The van der Waals surface area contributed by atoms with Crippen molar-refractivity contribution < 1.29 is 14.3 Å². The molecule has 2 aromatic carbocycles. The summed E-state index contributed by atoms with van der Waals surface area (Å²) in [6.45, 7) is 2.08. The van der Waals surface area contributed by atoms with Crippen LogP contribution in [0.2, 0.25) is 0 Å². The molecule has 0 saturated heterocycles. The van der Waals surface area contributed by atoms with E-state index in [1.165, 1.54) is 16.3 Å². The molecule has 0 saturated carbocycles. The zero-order valence-electron chi connectivity index (χ0n) is 16.6. The Labute approximate surface area is 181 Å². The number of hydrogen-bond acceptors (Lipinski definition) is 7. The number of benzene rings is 2.